The van der Waals surface area contributed by atoms with Crippen LogP contribution in [0.4, 0.5) is 0 Å². The van der Waals surface area contributed by atoms with Crippen LogP contribution >= 0.6 is 11.8 Å². The van der Waals surface area contributed by atoms with Gasteiger partial charge in [0.25, 0.3) is 0 Å². The van der Waals surface area contributed by atoms with Crippen molar-refractivity contribution in [3.05, 3.63) is 35.9 Å². The predicted molar refractivity (Wildman–Crippen MR) is 81.3 cm³/mol. The zero-order valence-corrected chi connectivity index (χ0v) is 12.3. The van der Waals surface area contributed by atoms with Crippen molar-refractivity contribution in [1.82, 2.24) is 5.32 Å². The normalized spacial score (nSPS) is 22.5. The number of nitrogens with zero attached hydrogens (tertiary/aromatic N) is 1. The third-order valence-electron chi connectivity index (χ3n) is 3.12. The van der Waals surface area contributed by atoms with Gasteiger partial charge in [-0.15, -0.1) is 0 Å². The second-order valence-corrected chi connectivity index (χ2v) is 6.66. The van der Waals surface area contributed by atoms with Gasteiger partial charge in [-0.05, 0) is 39.2 Å². The maximum absolute atomic E-state index is 4.80. The maximum atomic E-state index is 4.80. The van der Waals surface area contributed by atoms with E-state index in [2.05, 4.69) is 56.4 Å². The smallest absolute Gasteiger partial charge is 0.157 e. The number of amidine groups is 1. The molecule has 2 rings (SSSR count). The van der Waals surface area contributed by atoms with Crippen LogP contribution in [0.1, 0.15) is 32.8 Å². The van der Waals surface area contributed by atoms with Crippen molar-refractivity contribution in [3.8, 4) is 0 Å². The lowest BCUT2D eigenvalue weighted by Crippen LogP contribution is -2.46. The van der Waals surface area contributed by atoms with Gasteiger partial charge < -0.3 is 5.32 Å². The van der Waals surface area contributed by atoms with E-state index >= 15 is 0 Å². The van der Waals surface area contributed by atoms with Crippen LogP contribution < -0.4 is 5.32 Å². The molecule has 18 heavy (non-hydrogen) atoms. The molecule has 0 saturated carbocycles. The molecule has 1 aliphatic heterocycles. The van der Waals surface area contributed by atoms with Crippen molar-refractivity contribution < 1.29 is 0 Å². The Labute approximate surface area is 114 Å². The summed E-state index contributed by atoms with van der Waals surface area (Å²) in [5.41, 5.74) is 1.55. The van der Waals surface area contributed by atoms with Crippen molar-refractivity contribution in [1.29, 1.82) is 0 Å². The lowest BCUT2D eigenvalue weighted by molar-refractivity contribution is 0.445. The van der Waals surface area contributed by atoms with Crippen molar-refractivity contribution in [3.63, 3.8) is 0 Å². The van der Waals surface area contributed by atoms with Crippen LogP contribution in [-0.4, -0.2) is 22.5 Å². The molecule has 1 unspecified atom stereocenters. The molecule has 1 aromatic carbocycles. The van der Waals surface area contributed by atoms with E-state index in [1.165, 1.54) is 12.0 Å². The van der Waals surface area contributed by atoms with E-state index in [1.807, 2.05) is 11.8 Å². The number of aliphatic imine (C=N–C) groups is 1. The summed E-state index contributed by atoms with van der Waals surface area (Å²) in [6.07, 6.45) is 2.21. The zero-order valence-electron chi connectivity index (χ0n) is 11.4. The van der Waals surface area contributed by atoms with Gasteiger partial charge in [0.05, 0.1) is 6.04 Å². The van der Waals surface area contributed by atoms with Gasteiger partial charge in [-0.2, -0.15) is 0 Å². The fourth-order valence-electron chi connectivity index (χ4n) is 2.06. The molecule has 2 nitrogen and oxygen atoms in total. The monoisotopic (exact) mass is 262 g/mol. The molecule has 1 aromatic rings. The highest BCUT2D eigenvalue weighted by molar-refractivity contribution is 8.13. The Balaban J connectivity index is 1.96. The van der Waals surface area contributed by atoms with Gasteiger partial charge in [0.2, 0.25) is 0 Å². The summed E-state index contributed by atoms with van der Waals surface area (Å²) < 4.78 is 0. The largest absolute Gasteiger partial charge is 0.360 e. The zero-order chi connectivity index (χ0) is 13.0. The van der Waals surface area contributed by atoms with Crippen molar-refractivity contribution >= 4 is 16.9 Å². The summed E-state index contributed by atoms with van der Waals surface area (Å²) in [6, 6.07) is 10.9. The lowest BCUT2D eigenvalue weighted by Gasteiger charge is -2.32. The molecular formula is C15H22N2S. The summed E-state index contributed by atoms with van der Waals surface area (Å²) in [5, 5.41) is 4.63. The van der Waals surface area contributed by atoms with E-state index in [0.29, 0.717) is 6.04 Å². The highest BCUT2D eigenvalue weighted by Gasteiger charge is 2.24. The van der Waals surface area contributed by atoms with Crippen LogP contribution in [0.15, 0.2) is 35.3 Å². The molecule has 0 aromatic heterocycles. The molecule has 1 aliphatic rings. The first-order chi connectivity index (χ1) is 8.55. The Kier molecular flexibility index (Phi) is 4.33. The molecule has 0 radical (unpaired) electrons. The van der Waals surface area contributed by atoms with E-state index in [0.717, 1.165) is 17.3 Å². The van der Waals surface area contributed by atoms with E-state index in [1.54, 1.807) is 0 Å². The molecule has 0 bridgehead atoms. The second kappa shape index (κ2) is 5.79. The van der Waals surface area contributed by atoms with Crippen LogP contribution in [0.25, 0.3) is 0 Å². The number of nitrogens with one attached hydrogen (secondary N) is 1. The van der Waals surface area contributed by atoms with Crippen LogP contribution in [0.2, 0.25) is 0 Å². The minimum absolute atomic E-state index is 0.191. The second-order valence-electron chi connectivity index (χ2n) is 5.58. The minimum Gasteiger partial charge on any atom is -0.360 e. The van der Waals surface area contributed by atoms with Crippen LogP contribution in [0, 0.1) is 0 Å². The van der Waals surface area contributed by atoms with Crippen molar-refractivity contribution in [2.75, 3.05) is 5.75 Å². The molecule has 3 heteroatoms. The van der Waals surface area contributed by atoms with Crippen molar-refractivity contribution in [2.45, 2.75) is 45.2 Å². The molecule has 0 spiro atoms. The summed E-state index contributed by atoms with van der Waals surface area (Å²) in [7, 11) is 0. The maximum Gasteiger partial charge on any atom is 0.157 e. The number of rotatable bonds is 3. The number of thioether (sulfide) groups is 1. The molecule has 0 aliphatic carbocycles. The first-order valence-electron chi connectivity index (χ1n) is 6.58. The fourth-order valence-corrected chi connectivity index (χ4v) is 3.47. The Hall–Kier alpha value is -0.960. The van der Waals surface area contributed by atoms with Crippen LogP contribution in [0.5, 0.6) is 0 Å². The standard InChI is InChI=1S/C15H22N2S/c1-12(11-13-7-5-4-6-8-13)16-14-17-15(2,3)9-10-18-14/h4-8,12H,9-11H2,1-3H3,(H,16,17). The Bertz CT molecular complexity index is 412. The average Bonchev–Trinajstić information content (AvgIpc) is 2.28. The van der Waals surface area contributed by atoms with Gasteiger partial charge in [-0.3, -0.25) is 4.99 Å². The van der Waals surface area contributed by atoms with Gasteiger partial charge in [-0.1, -0.05) is 42.1 Å². The summed E-state index contributed by atoms with van der Waals surface area (Å²) in [4.78, 5) is 4.80. The number of hydrogen-bond acceptors (Lipinski definition) is 2. The van der Waals surface area contributed by atoms with E-state index in [9.17, 15) is 0 Å². The Morgan fingerprint density at radius 1 is 1.33 bits per heavy atom. The molecule has 0 amide bonds. The molecule has 1 atom stereocenters. The summed E-state index contributed by atoms with van der Waals surface area (Å²) in [6.45, 7) is 6.66. The van der Waals surface area contributed by atoms with E-state index < -0.39 is 0 Å². The Morgan fingerprint density at radius 3 is 2.72 bits per heavy atom. The molecule has 1 saturated heterocycles. The third-order valence-corrected chi connectivity index (χ3v) is 4.01. The number of benzene rings is 1. The Morgan fingerprint density at radius 2 is 2.06 bits per heavy atom. The van der Waals surface area contributed by atoms with Gasteiger partial charge in [0.15, 0.2) is 5.17 Å². The first-order valence-corrected chi connectivity index (χ1v) is 7.56. The van der Waals surface area contributed by atoms with E-state index in [-0.39, 0.29) is 5.54 Å². The van der Waals surface area contributed by atoms with Gasteiger partial charge >= 0.3 is 0 Å². The van der Waals surface area contributed by atoms with Crippen LogP contribution in [-0.2, 0) is 6.42 Å². The predicted octanol–water partition coefficient (Wildman–Crippen LogP) is 3.48. The third kappa shape index (κ3) is 4.05. The van der Waals surface area contributed by atoms with Gasteiger partial charge in [0.1, 0.15) is 0 Å². The van der Waals surface area contributed by atoms with Crippen LogP contribution in [0.3, 0.4) is 0 Å². The first kappa shape index (κ1) is 13.5. The number of hydrogen-bond donors (Lipinski definition) is 1. The summed E-state index contributed by atoms with van der Waals surface area (Å²) >= 11 is 1.84. The molecule has 1 heterocycles. The summed E-state index contributed by atoms with van der Waals surface area (Å²) in [5.74, 6) is 1.16. The molecule has 1 fully saturated rings. The molecule has 1 N–H and O–H groups in total. The van der Waals surface area contributed by atoms with Crippen molar-refractivity contribution in [2.24, 2.45) is 4.99 Å². The minimum atomic E-state index is 0.191. The molecular weight excluding hydrogens is 240 g/mol. The lowest BCUT2D eigenvalue weighted by atomic mass is 10.0. The van der Waals surface area contributed by atoms with E-state index in [4.69, 9.17) is 4.99 Å². The van der Waals surface area contributed by atoms with Gasteiger partial charge in [-0.25, -0.2) is 0 Å². The van der Waals surface area contributed by atoms with Gasteiger partial charge in [0, 0.05) is 11.3 Å². The SMILES string of the molecule is CC(Cc1ccccc1)N=C1NC(C)(C)CCS1. The highest BCUT2D eigenvalue weighted by Crippen LogP contribution is 2.22. The fraction of sp³-hybridized carbons (Fsp3) is 0.533. The average molecular weight is 262 g/mol. The molecule has 98 valence electrons. The highest BCUT2D eigenvalue weighted by atomic mass is 32.2. The quantitative estimate of drug-likeness (QED) is 0.902. The topological polar surface area (TPSA) is 24.4 Å².